The molecule has 0 unspecified atom stereocenters. The molecule has 0 aliphatic carbocycles. The van der Waals surface area contributed by atoms with Crippen LogP contribution in [0.1, 0.15) is 69.2 Å². The van der Waals surface area contributed by atoms with E-state index in [-0.39, 0.29) is 42.9 Å². The van der Waals surface area contributed by atoms with Gasteiger partial charge in [-0.25, -0.2) is 9.37 Å². The van der Waals surface area contributed by atoms with Crippen molar-refractivity contribution in [2.75, 3.05) is 13.2 Å². The van der Waals surface area contributed by atoms with Crippen LogP contribution in [0, 0.1) is 17.1 Å². The number of aliphatic hydroxyl groups excluding tert-OH is 1. The molecule has 0 saturated carbocycles. The Hall–Kier alpha value is -4.11. The van der Waals surface area contributed by atoms with Gasteiger partial charge < -0.3 is 24.3 Å². The Morgan fingerprint density at radius 2 is 2.00 bits per heavy atom. The lowest BCUT2D eigenvalue weighted by atomic mass is 9.84. The molecule has 9 nitrogen and oxygen atoms in total. The number of amides is 1. The average molecular weight is 631 g/mol. The Bertz CT molecular complexity index is 1800. The maximum Gasteiger partial charge on any atom is 0.257 e. The van der Waals surface area contributed by atoms with Crippen molar-refractivity contribution in [3.8, 4) is 6.07 Å². The largest absolute Gasteiger partial charge is 0.392 e. The van der Waals surface area contributed by atoms with E-state index in [0.29, 0.717) is 46.0 Å². The zero-order chi connectivity index (χ0) is 31.9. The normalized spacial score (nSPS) is 20.7. The van der Waals surface area contributed by atoms with Gasteiger partial charge in [-0.1, -0.05) is 36.7 Å². The molecule has 6 rings (SSSR count). The number of halogens is 2. The third-order valence-corrected chi connectivity index (χ3v) is 8.95. The van der Waals surface area contributed by atoms with Crippen molar-refractivity contribution < 1.29 is 28.9 Å². The molecule has 11 heteroatoms. The topological polar surface area (TPSA) is 121 Å². The fourth-order valence-corrected chi connectivity index (χ4v) is 6.43. The molecule has 3 atom stereocenters. The van der Waals surface area contributed by atoms with Crippen LogP contribution in [-0.2, 0) is 41.0 Å². The highest BCUT2D eigenvalue weighted by Crippen LogP contribution is 2.50. The van der Waals surface area contributed by atoms with Gasteiger partial charge in [0, 0.05) is 37.0 Å². The summed E-state index contributed by atoms with van der Waals surface area (Å²) in [5.41, 5.74) is -1.08. The fraction of sp³-hybridized carbons (Fsp3) is 0.324. The van der Waals surface area contributed by atoms with Crippen molar-refractivity contribution in [1.29, 1.82) is 5.26 Å². The van der Waals surface area contributed by atoms with Gasteiger partial charge in [-0.15, -0.1) is 0 Å². The lowest BCUT2D eigenvalue weighted by Gasteiger charge is -2.41. The first kappa shape index (κ1) is 30.9. The van der Waals surface area contributed by atoms with Crippen LogP contribution in [0.4, 0.5) is 4.39 Å². The van der Waals surface area contributed by atoms with Crippen molar-refractivity contribution in [3.63, 3.8) is 0 Å². The first-order chi connectivity index (χ1) is 21.6. The number of imidazole rings is 1. The smallest absolute Gasteiger partial charge is 0.257 e. The number of carbonyl (C=O) groups excluding carboxylic acids is 1. The highest BCUT2D eigenvalue weighted by atomic mass is 35.5. The number of nitrogens with zero attached hydrogens (tertiary/aromatic N) is 4. The summed E-state index contributed by atoms with van der Waals surface area (Å²) in [5, 5.41) is 31.9. The van der Waals surface area contributed by atoms with Crippen LogP contribution < -0.4 is 0 Å². The van der Waals surface area contributed by atoms with Gasteiger partial charge in [0.1, 0.15) is 11.4 Å². The standard InChI is InChI=1S/C34H32ClFN4O5/c1-3-33(43,30-17-39(2)20-38-30)25-13-28-31(29(36)14-25)34(45-27-10-11-44-19-27,24-6-8-26(35)9-7-24)40(32(28)42)16-22-5-4-21(15-37)12-23(22)18-41/h4-9,12-14,17,20,27,41,43H,3,10-11,16,18-19H2,1-2H3/t27-,33+,34+/m0/s1. The molecule has 1 fully saturated rings. The summed E-state index contributed by atoms with van der Waals surface area (Å²) in [6, 6.07) is 16.4. The Morgan fingerprint density at radius 1 is 1.22 bits per heavy atom. The SMILES string of the molecule is CC[C@@](O)(c1cc(F)c2c(c1)C(=O)N(Cc1ccc(C#N)cc1CO)[C@@]2(O[C@H]1CCOC1)c1ccc(Cl)cc1)c1cn(C)cn1. The van der Waals surface area contributed by atoms with Gasteiger partial charge in [0.15, 0.2) is 0 Å². The van der Waals surface area contributed by atoms with Crippen molar-refractivity contribution in [2.45, 2.75) is 50.3 Å². The molecule has 2 aliphatic rings. The van der Waals surface area contributed by atoms with Gasteiger partial charge in [0.05, 0.1) is 54.1 Å². The molecule has 3 heterocycles. The van der Waals surface area contributed by atoms with E-state index in [1.54, 1.807) is 73.5 Å². The van der Waals surface area contributed by atoms with E-state index in [1.807, 2.05) is 0 Å². The number of hydrogen-bond donors (Lipinski definition) is 2. The molecular formula is C34H32ClFN4O5. The summed E-state index contributed by atoms with van der Waals surface area (Å²) in [6.07, 6.45) is 3.43. The van der Waals surface area contributed by atoms with E-state index in [2.05, 4.69) is 11.1 Å². The number of benzene rings is 3. The molecule has 0 bridgehead atoms. The van der Waals surface area contributed by atoms with Crippen LogP contribution >= 0.6 is 11.6 Å². The van der Waals surface area contributed by atoms with Gasteiger partial charge in [0.25, 0.3) is 5.91 Å². The molecule has 2 aliphatic heterocycles. The quantitative estimate of drug-likeness (QED) is 0.270. The van der Waals surface area contributed by atoms with Crippen LogP contribution in [0.5, 0.6) is 0 Å². The predicted molar refractivity (Wildman–Crippen MR) is 162 cm³/mol. The van der Waals surface area contributed by atoms with Gasteiger partial charge in [-0.05, 0) is 65.9 Å². The first-order valence-corrected chi connectivity index (χ1v) is 15.0. The Kier molecular flexibility index (Phi) is 8.24. The number of nitriles is 1. The summed E-state index contributed by atoms with van der Waals surface area (Å²) in [5.74, 6) is -1.27. The second kappa shape index (κ2) is 12.0. The van der Waals surface area contributed by atoms with Crippen LogP contribution in [0.3, 0.4) is 0 Å². The number of aromatic nitrogens is 2. The molecule has 3 aromatic carbocycles. The Labute approximate surface area is 265 Å². The zero-order valence-electron chi connectivity index (χ0n) is 24.8. The van der Waals surface area contributed by atoms with E-state index >= 15 is 4.39 Å². The predicted octanol–water partition coefficient (Wildman–Crippen LogP) is 4.89. The molecule has 45 heavy (non-hydrogen) atoms. The van der Waals surface area contributed by atoms with E-state index in [0.717, 1.165) is 0 Å². The molecule has 232 valence electrons. The highest BCUT2D eigenvalue weighted by molar-refractivity contribution is 6.30. The third kappa shape index (κ3) is 5.21. The van der Waals surface area contributed by atoms with Gasteiger partial charge in [0.2, 0.25) is 5.72 Å². The minimum absolute atomic E-state index is 0.00383. The van der Waals surface area contributed by atoms with Crippen molar-refractivity contribution in [2.24, 2.45) is 7.05 Å². The number of aliphatic hydroxyl groups is 2. The summed E-state index contributed by atoms with van der Waals surface area (Å²) in [4.78, 5) is 20.4. The third-order valence-electron chi connectivity index (χ3n) is 8.70. The number of carbonyl (C=O) groups is 1. The Balaban J connectivity index is 1.60. The van der Waals surface area contributed by atoms with Crippen LogP contribution in [0.15, 0.2) is 67.1 Å². The second-order valence-electron chi connectivity index (χ2n) is 11.4. The van der Waals surface area contributed by atoms with Gasteiger partial charge >= 0.3 is 0 Å². The summed E-state index contributed by atoms with van der Waals surface area (Å²) in [6.45, 7) is 1.99. The number of fused-ring (bicyclic) bond motifs is 1. The highest BCUT2D eigenvalue weighted by Gasteiger charge is 2.56. The number of aryl methyl sites for hydroxylation is 1. The average Bonchev–Trinajstić information content (AvgIpc) is 3.78. The van der Waals surface area contributed by atoms with Crippen LogP contribution in [-0.4, -0.2) is 49.9 Å². The molecule has 0 radical (unpaired) electrons. The number of hydrogen-bond acceptors (Lipinski definition) is 7. The summed E-state index contributed by atoms with van der Waals surface area (Å²) in [7, 11) is 1.77. The minimum atomic E-state index is -1.76. The van der Waals surface area contributed by atoms with Crippen molar-refractivity contribution >= 4 is 17.5 Å². The maximum absolute atomic E-state index is 16.9. The molecule has 1 aromatic heterocycles. The molecule has 2 N–H and O–H groups in total. The fourth-order valence-electron chi connectivity index (χ4n) is 6.31. The number of ether oxygens (including phenoxy) is 2. The van der Waals surface area contributed by atoms with Crippen molar-refractivity contribution in [1.82, 2.24) is 14.5 Å². The lowest BCUT2D eigenvalue weighted by molar-refractivity contribution is -0.148. The molecule has 0 spiro atoms. The van der Waals surface area contributed by atoms with E-state index < -0.39 is 29.2 Å². The molecule has 1 saturated heterocycles. The number of rotatable bonds is 9. The van der Waals surface area contributed by atoms with Crippen molar-refractivity contribution in [3.05, 3.63) is 123 Å². The van der Waals surface area contributed by atoms with E-state index in [4.69, 9.17) is 21.1 Å². The minimum Gasteiger partial charge on any atom is -0.392 e. The van der Waals surface area contributed by atoms with Crippen LogP contribution in [0.25, 0.3) is 0 Å². The first-order valence-electron chi connectivity index (χ1n) is 14.7. The van der Waals surface area contributed by atoms with Crippen LogP contribution in [0.2, 0.25) is 5.02 Å². The molecule has 4 aromatic rings. The monoisotopic (exact) mass is 630 g/mol. The molecule has 1 amide bonds. The molecular weight excluding hydrogens is 599 g/mol. The van der Waals surface area contributed by atoms with Gasteiger partial charge in [-0.2, -0.15) is 5.26 Å². The summed E-state index contributed by atoms with van der Waals surface area (Å²) < 4.78 is 31.0. The Morgan fingerprint density at radius 3 is 2.62 bits per heavy atom. The van der Waals surface area contributed by atoms with E-state index in [1.165, 1.54) is 17.0 Å². The summed E-state index contributed by atoms with van der Waals surface area (Å²) >= 11 is 6.27. The zero-order valence-corrected chi connectivity index (χ0v) is 25.6. The maximum atomic E-state index is 16.9. The van der Waals surface area contributed by atoms with Gasteiger partial charge in [-0.3, -0.25) is 9.69 Å². The van der Waals surface area contributed by atoms with E-state index in [9.17, 15) is 20.3 Å². The second-order valence-corrected chi connectivity index (χ2v) is 11.9. The lowest BCUT2D eigenvalue weighted by Crippen LogP contribution is -2.49.